The Balaban J connectivity index is 1.52. The van der Waals surface area contributed by atoms with Gasteiger partial charge in [0.25, 0.3) is 0 Å². The van der Waals surface area contributed by atoms with Gasteiger partial charge in [0.05, 0.1) is 12.1 Å². The van der Waals surface area contributed by atoms with E-state index in [9.17, 15) is 10.5 Å². The van der Waals surface area contributed by atoms with E-state index in [0.717, 1.165) is 25.7 Å². The van der Waals surface area contributed by atoms with Gasteiger partial charge in [-0.1, -0.05) is 97.1 Å². The van der Waals surface area contributed by atoms with Crippen LogP contribution < -0.4 is 0 Å². The highest BCUT2D eigenvalue weighted by Crippen LogP contribution is 2.58. The second kappa shape index (κ2) is 8.82. The zero-order valence-corrected chi connectivity index (χ0v) is 20.4. The van der Waals surface area contributed by atoms with Crippen LogP contribution in [0.3, 0.4) is 0 Å². The first-order valence-corrected chi connectivity index (χ1v) is 12.9. The molecule has 0 aromatic heterocycles. The van der Waals surface area contributed by atoms with Crippen LogP contribution in [0, 0.1) is 22.7 Å². The van der Waals surface area contributed by atoms with Crippen molar-refractivity contribution in [1.82, 2.24) is 0 Å². The van der Waals surface area contributed by atoms with Gasteiger partial charge in [0.1, 0.15) is 0 Å². The van der Waals surface area contributed by atoms with Gasteiger partial charge in [-0.05, 0) is 70.2 Å². The average molecular weight is 465 g/mol. The predicted octanol–water partition coefficient (Wildman–Crippen LogP) is 8.31. The highest BCUT2D eigenvalue weighted by atomic mass is 14.5. The van der Waals surface area contributed by atoms with Crippen molar-refractivity contribution in [3.8, 4) is 34.4 Å². The second-order valence-electron chi connectivity index (χ2n) is 10.2. The molecule has 2 nitrogen and oxygen atoms in total. The lowest BCUT2D eigenvalue weighted by Gasteiger charge is -2.38. The lowest BCUT2D eigenvalue weighted by atomic mass is 9.64. The van der Waals surface area contributed by atoms with Crippen molar-refractivity contribution in [2.75, 3.05) is 0 Å². The minimum atomic E-state index is -0.213. The molecule has 0 radical (unpaired) electrons. The molecule has 4 aromatic carbocycles. The fourth-order valence-corrected chi connectivity index (χ4v) is 7.12. The van der Waals surface area contributed by atoms with Crippen molar-refractivity contribution >= 4 is 0 Å². The van der Waals surface area contributed by atoms with Crippen molar-refractivity contribution in [3.05, 3.63) is 119 Å². The number of nitrogens with zero attached hydrogens (tertiary/aromatic N) is 2. The van der Waals surface area contributed by atoms with Crippen molar-refractivity contribution < 1.29 is 0 Å². The van der Waals surface area contributed by atoms with E-state index in [1.54, 1.807) is 0 Å². The Morgan fingerprint density at radius 2 is 0.694 bits per heavy atom. The van der Waals surface area contributed by atoms with E-state index in [-0.39, 0.29) is 10.8 Å². The summed E-state index contributed by atoms with van der Waals surface area (Å²) in [5, 5.41) is 19.3. The smallest absolute Gasteiger partial charge is 0.0622 e. The molecule has 0 saturated heterocycles. The average Bonchev–Trinajstić information content (AvgIpc) is 3.38. The highest BCUT2D eigenvalue weighted by Gasteiger charge is 2.47. The first-order chi connectivity index (χ1) is 17.7. The Morgan fingerprint density at radius 1 is 0.417 bits per heavy atom. The molecule has 0 bridgehead atoms. The predicted molar refractivity (Wildman–Crippen MR) is 144 cm³/mol. The molecular formula is C34H28N2. The molecule has 0 unspecified atom stereocenters. The summed E-state index contributed by atoms with van der Waals surface area (Å²) in [5.74, 6) is 0. The summed E-state index contributed by atoms with van der Waals surface area (Å²) >= 11 is 0. The van der Waals surface area contributed by atoms with Crippen molar-refractivity contribution in [2.24, 2.45) is 0 Å². The molecule has 0 amide bonds. The zero-order valence-electron chi connectivity index (χ0n) is 20.4. The second-order valence-corrected chi connectivity index (χ2v) is 10.2. The van der Waals surface area contributed by atoms with Crippen molar-refractivity contribution in [2.45, 2.75) is 49.4 Å². The molecule has 0 heterocycles. The van der Waals surface area contributed by atoms with Gasteiger partial charge in [0.2, 0.25) is 0 Å². The van der Waals surface area contributed by atoms with Gasteiger partial charge >= 0.3 is 0 Å². The lowest BCUT2D eigenvalue weighted by molar-refractivity contribution is 0.357. The van der Waals surface area contributed by atoms with E-state index in [1.165, 1.54) is 44.5 Å². The van der Waals surface area contributed by atoms with Gasteiger partial charge in [0, 0.05) is 23.7 Å². The molecule has 2 heteroatoms. The summed E-state index contributed by atoms with van der Waals surface area (Å²) in [6.07, 6.45) is 4.49. The summed E-state index contributed by atoms with van der Waals surface area (Å²) in [5.41, 5.74) is 10.1. The first kappa shape index (κ1) is 22.3. The van der Waals surface area contributed by atoms with Crippen LogP contribution in [0.1, 0.15) is 60.8 Å². The maximum absolute atomic E-state index is 9.66. The monoisotopic (exact) mass is 464 g/mol. The third-order valence-electron chi connectivity index (χ3n) is 8.66. The topological polar surface area (TPSA) is 47.6 Å². The van der Waals surface area contributed by atoms with Gasteiger partial charge < -0.3 is 0 Å². The van der Waals surface area contributed by atoms with Gasteiger partial charge in [-0.25, -0.2) is 0 Å². The highest BCUT2D eigenvalue weighted by molar-refractivity contribution is 5.82. The molecule has 0 fully saturated rings. The third kappa shape index (κ3) is 3.15. The van der Waals surface area contributed by atoms with Gasteiger partial charge in [-0.3, -0.25) is 0 Å². The largest absolute Gasteiger partial charge is 0.198 e. The first-order valence-electron chi connectivity index (χ1n) is 12.9. The minimum absolute atomic E-state index is 0.213. The molecule has 174 valence electrons. The van der Waals surface area contributed by atoms with Crippen LogP contribution in [0.5, 0.6) is 0 Å². The molecule has 0 saturated carbocycles. The SMILES string of the molecule is N#CCCC1(CCC2(CCC#N)c3ccccc3-c3ccccc32)c2ccccc2-c2ccccc21. The van der Waals surface area contributed by atoms with Crippen LogP contribution in [0.2, 0.25) is 0 Å². The van der Waals surface area contributed by atoms with E-state index in [1.807, 2.05) is 0 Å². The quantitative estimate of drug-likeness (QED) is 0.276. The number of fused-ring (bicyclic) bond motifs is 6. The standard InChI is InChI=1S/C34H28N2/c35-23-9-19-33(29-15-5-1-11-25(29)26-12-2-6-16-30(26)33)21-22-34(20-10-24-36)31-17-7-3-13-27(31)28-14-4-8-18-32(28)34/h1-8,11-18H,9-10,19-22H2. The third-order valence-corrected chi connectivity index (χ3v) is 8.66. The lowest BCUT2D eigenvalue weighted by Crippen LogP contribution is -2.32. The van der Waals surface area contributed by atoms with E-state index in [2.05, 4.69) is 109 Å². The van der Waals surface area contributed by atoms with Gasteiger partial charge in [0.15, 0.2) is 0 Å². The number of benzene rings is 4. The number of hydrogen-bond acceptors (Lipinski definition) is 2. The van der Waals surface area contributed by atoms with Crippen molar-refractivity contribution in [3.63, 3.8) is 0 Å². The van der Waals surface area contributed by atoms with Crippen LogP contribution in [-0.4, -0.2) is 0 Å². The van der Waals surface area contributed by atoms with E-state index < -0.39 is 0 Å². The van der Waals surface area contributed by atoms with E-state index >= 15 is 0 Å². The number of rotatable bonds is 7. The van der Waals surface area contributed by atoms with E-state index in [0.29, 0.717) is 12.8 Å². The molecule has 4 aromatic rings. The van der Waals surface area contributed by atoms with Crippen LogP contribution in [0.4, 0.5) is 0 Å². The molecule has 0 aliphatic heterocycles. The Bertz CT molecular complexity index is 1320. The maximum atomic E-state index is 9.66. The molecule has 36 heavy (non-hydrogen) atoms. The summed E-state index contributed by atoms with van der Waals surface area (Å²) in [4.78, 5) is 0. The molecular weight excluding hydrogens is 436 g/mol. The summed E-state index contributed by atoms with van der Waals surface area (Å²) in [6.45, 7) is 0. The van der Waals surface area contributed by atoms with Crippen LogP contribution >= 0.6 is 0 Å². The minimum Gasteiger partial charge on any atom is -0.198 e. The van der Waals surface area contributed by atoms with E-state index in [4.69, 9.17) is 0 Å². The zero-order chi connectivity index (χ0) is 24.6. The Morgan fingerprint density at radius 3 is 0.972 bits per heavy atom. The van der Waals surface area contributed by atoms with Crippen LogP contribution in [-0.2, 0) is 10.8 Å². The number of hydrogen-bond donors (Lipinski definition) is 0. The molecule has 6 rings (SSSR count). The van der Waals surface area contributed by atoms with Crippen LogP contribution in [0.25, 0.3) is 22.3 Å². The molecule has 0 N–H and O–H groups in total. The van der Waals surface area contributed by atoms with Gasteiger partial charge in [-0.15, -0.1) is 0 Å². The van der Waals surface area contributed by atoms with Crippen molar-refractivity contribution in [1.29, 1.82) is 10.5 Å². The normalized spacial score (nSPS) is 15.2. The molecule has 2 aliphatic rings. The fourth-order valence-electron chi connectivity index (χ4n) is 7.12. The molecule has 0 spiro atoms. The Labute approximate surface area is 213 Å². The number of nitriles is 2. The fraction of sp³-hybridized carbons (Fsp3) is 0.235. The summed E-state index contributed by atoms with van der Waals surface area (Å²) < 4.78 is 0. The molecule has 2 aliphatic carbocycles. The molecule has 0 atom stereocenters. The van der Waals surface area contributed by atoms with Crippen LogP contribution in [0.15, 0.2) is 97.1 Å². The Hall–Kier alpha value is -4.14. The maximum Gasteiger partial charge on any atom is 0.0622 e. The van der Waals surface area contributed by atoms with Gasteiger partial charge in [-0.2, -0.15) is 10.5 Å². The summed E-state index contributed by atoms with van der Waals surface area (Å²) in [6, 6.07) is 39.9. The summed E-state index contributed by atoms with van der Waals surface area (Å²) in [7, 11) is 0. The Kier molecular flexibility index (Phi) is 5.47.